The summed E-state index contributed by atoms with van der Waals surface area (Å²) >= 11 is 5.57. The normalized spacial score (nSPS) is 13.8. The second-order valence-electron chi connectivity index (χ2n) is 2.03. The second-order valence-corrected chi connectivity index (χ2v) is 3.62. The predicted octanol–water partition coefficient (Wildman–Crippen LogP) is 1.68. The average Bonchev–Trinajstić information content (AvgIpc) is 2.08. The van der Waals surface area contributed by atoms with Crippen LogP contribution in [0.25, 0.3) is 0 Å². The van der Waals surface area contributed by atoms with Crippen molar-refractivity contribution in [2.24, 2.45) is 0 Å². The monoisotopic (exact) mass is 208 g/mol. The van der Waals surface area contributed by atoms with E-state index in [0.717, 1.165) is 0 Å². The summed E-state index contributed by atoms with van der Waals surface area (Å²) in [4.78, 5) is 0. The molecule has 0 aliphatic carbocycles. The van der Waals surface area contributed by atoms with Gasteiger partial charge in [0.25, 0.3) is 0 Å². The summed E-state index contributed by atoms with van der Waals surface area (Å²) in [6, 6.07) is 5.61. The highest BCUT2D eigenvalue weighted by molar-refractivity contribution is 7.86. The highest BCUT2D eigenvalue weighted by Crippen LogP contribution is 2.16. The minimum atomic E-state index is -4.17. The molecular formula is C7H7ClO3S. The van der Waals surface area contributed by atoms with Gasteiger partial charge in [-0.05, 0) is 24.3 Å². The Kier molecular flexibility index (Phi) is 1.87. The first-order valence-corrected chi connectivity index (χ1v) is 4.80. The largest absolute Gasteiger partial charge is 0.383 e. The van der Waals surface area contributed by atoms with Crippen LogP contribution in [-0.2, 0) is 10.1 Å². The molecule has 0 fully saturated rings. The summed E-state index contributed by atoms with van der Waals surface area (Å²) in [6.07, 6.45) is -2.06. The van der Waals surface area contributed by atoms with Crippen molar-refractivity contribution < 1.29 is 15.3 Å². The van der Waals surface area contributed by atoms with Crippen LogP contribution in [0, 0.1) is 0 Å². The second kappa shape index (κ2) is 3.33. The van der Waals surface area contributed by atoms with Gasteiger partial charge in [-0.25, -0.2) is 0 Å². The zero-order valence-corrected chi connectivity index (χ0v) is 7.47. The number of benzene rings is 1. The predicted molar refractivity (Wildman–Crippen MR) is 46.9 cm³/mol. The third-order valence-corrected chi connectivity index (χ3v) is 1.70. The van der Waals surface area contributed by atoms with E-state index in [2.05, 4.69) is 4.18 Å². The minimum Gasteiger partial charge on any atom is -0.383 e. The van der Waals surface area contributed by atoms with Gasteiger partial charge in [-0.2, -0.15) is 8.42 Å². The quantitative estimate of drug-likeness (QED) is 0.695. The van der Waals surface area contributed by atoms with Gasteiger partial charge in [-0.1, -0.05) is 11.6 Å². The van der Waals surface area contributed by atoms with E-state index >= 15 is 0 Å². The summed E-state index contributed by atoms with van der Waals surface area (Å²) in [7, 11) is -4.17. The van der Waals surface area contributed by atoms with Gasteiger partial charge >= 0.3 is 10.1 Å². The SMILES string of the molecule is [2H]C([2H])S(=O)(=O)Oc1ccc(Cl)cc1. The Hall–Kier alpha value is -0.740. The molecule has 0 amide bonds. The lowest BCUT2D eigenvalue weighted by Crippen LogP contribution is -2.05. The van der Waals surface area contributed by atoms with Crippen LogP contribution in [0.4, 0.5) is 0 Å². The highest BCUT2D eigenvalue weighted by Gasteiger charge is 2.02. The van der Waals surface area contributed by atoms with E-state index in [0.29, 0.717) is 5.02 Å². The molecule has 0 atom stereocenters. The first-order chi connectivity index (χ1) is 6.42. The summed E-state index contributed by atoms with van der Waals surface area (Å²) in [5.41, 5.74) is 0. The molecule has 1 aromatic carbocycles. The van der Waals surface area contributed by atoms with E-state index in [1.54, 1.807) is 0 Å². The molecule has 0 N–H and O–H groups in total. The molecular weight excluding hydrogens is 200 g/mol. The molecule has 0 heterocycles. The van der Waals surface area contributed by atoms with E-state index in [-0.39, 0.29) is 5.75 Å². The topological polar surface area (TPSA) is 43.4 Å². The van der Waals surface area contributed by atoms with Crippen LogP contribution in [0.5, 0.6) is 5.75 Å². The first kappa shape index (κ1) is 6.74. The lowest BCUT2D eigenvalue weighted by molar-refractivity contribution is 0.493. The molecule has 0 saturated carbocycles. The van der Waals surface area contributed by atoms with Gasteiger partial charge in [0.15, 0.2) is 0 Å². The molecule has 3 nitrogen and oxygen atoms in total. The van der Waals surface area contributed by atoms with Crippen molar-refractivity contribution in [3.63, 3.8) is 0 Å². The maximum atomic E-state index is 11.0. The zero-order valence-electron chi connectivity index (χ0n) is 7.90. The fourth-order valence-corrected chi connectivity index (χ4v) is 1.13. The van der Waals surface area contributed by atoms with E-state index in [1.807, 2.05) is 0 Å². The molecule has 1 rings (SSSR count). The molecule has 0 radical (unpaired) electrons. The number of rotatable bonds is 2. The van der Waals surface area contributed by atoms with E-state index in [4.69, 9.17) is 14.3 Å². The first-order valence-electron chi connectivity index (χ1n) is 4.10. The maximum absolute atomic E-state index is 11.0. The number of hydrogen-bond acceptors (Lipinski definition) is 3. The van der Waals surface area contributed by atoms with Crippen molar-refractivity contribution >= 4 is 21.7 Å². The van der Waals surface area contributed by atoms with Gasteiger partial charge in [0.2, 0.25) is 0 Å². The molecule has 0 unspecified atom stereocenters. The molecule has 66 valence electrons. The van der Waals surface area contributed by atoms with Crippen LogP contribution in [0.3, 0.4) is 0 Å². The van der Waals surface area contributed by atoms with Crippen molar-refractivity contribution in [1.29, 1.82) is 0 Å². The van der Waals surface area contributed by atoms with Crippen LogP contribution < -0.4 is 4.18 Å². The highest BCUT2D eigenvalue weighted by atomic mass is 35.5. The summed E-state index contributed by atoms with van der Waals surface area (Å²) in [5.74, 6) is 0.0406. The maximum Gasteiger partial charge on any atom is 0.306 e. The summed E-state index contributed by atoms with van der Waals surface area (Å²) in [5, 5.41) is 0.447. The Morgan fingerprint density at radius 2 is 2.00 bits per heavy atom. The lowest BCUT2D eigenvalue weighted by Gasteiger charge is -2.01. The van der Waals surface area contributed by atoms with Crippen molar-refractivity contribution in [1.82, 2.24) is 0 Å². The van der Waals surface area contributed by atoms with Gasteiger partial charge in [0, 0.05) is 7.76 Å². The van der Waals surface area contributed by atoms with Crippen LogP contribution in [0.2, 0.25) is 5.02 Å². The molecule has 0 aliphatic heterocycles. The fraction of sp³-hybridized carbons (Fsp3) is 0.143. The van der Waals surface area contributed by atoms with Crippen LogP contribution >= 0.6 is 11.6 Å². The third-order valence-electron chi connectivity index (χ3n) is 1.03. The lowest BCUT2D eigenvalue weighted by atomic mass is 10.3. The van der Waals surface area contributed by atoms with Crippen LogP contribution in [-0.4, -0.2) is 14.6 Å². The smallest absolute Gasteiger partial charge is 0.306 e. The van der Waals surface area contributed by atoms with Gasteiger partial charge in [0.1, 0.15) is 5.75 Å². The molecule has 0 saturated heterocycles. The van der Waals surface area contributed by atoms with Gasteiger partial charge in [-0.15, -0.1) is 0 Å². The molecule has 5 heteroatoms. The minimum absolute atomic E-state index is 0.0406. The molecule has 12 heavy (non-hydrogen) atoms. The van der Waals surface area contributed by atoms with E-state index in [9.17, 15) is 8.42 Å². The summed E-state index contributed by atoms with van der Waals surface area (Å²) in [6.45, 7) is 0. The van der Waals surface area contributed by atoms with Gasteiger partial charge in [0.05, 0.1) is 6.21 Å². The molecule has 0 bridgehead atoms. The Labute approximate surface area is 78.9 Å². The van der Waals surface area contributed by atoms with Gasteiger partial charge in [-0.3, -0.25) is 0 Å². The summed E-state index contributed by atoms with van der Waals surface area (Å²) < 4.78 is 39.8. The van der Waals surface area contributed by atoms with Crippen LogP contribution in [0.1, 0.15) is 2.74 Å². The van der Waals surface area contributed by atoms with Crippen LogP contribution in [0.15, 0.2) is 24.3 Å². The fourth-order valence-electron chi connectivity index (χ4n) is 0.624. The third kappa shape index (κ3) is 3.11. The standard InChI is InChI=1S/C7H7ClO3S/c1-12(9,10)11-7-4-2-6(8)3-5-7/h2-5H,1H3/i1D2. The Morgan fingerprint density at radius 3 is 2.50 bits per heavy atom. The Balaban J connectivity index is 2.85. The Morgan fingerprint density at radius 1 is 1.42 bits per heavy atom. The number of halogens is 1. The van der Waals surface area contributed by atoms with Crippen molar-refractivity contribution in [3.8, 4) is 5.75 Å². The van der Waals surface area contributed by atoms with Crippen molar-refractivity contribution in [2.75, 3.05) is 6.21 Å². The van der Waals surface area contributed by atoms with Gasteiger partial charge < -0.3 is 4.18 Å². The molecule has 0 aliphatic rings. The molecule has 1 aromatic rings. The Bertz CT molecular complexity index is 401. The van der Waals surface area contributed by atoms with E-state index in [1.165, 1.54) is 24.3 Å². The van der Waals surface area contributed by atoms with Crippen molar-refractivity contribution in [2.45, 2.75) is 0 Å². The average molecular weight is 209 g/mol. The molecule has 0 aromatic heterocycles. The molecule has 0 spiro atoms. The number of hydrogen-bond donors (Lipinski definition) is 0. The zero-order chi connectivity index (χ0) is 10.8. The van der Waals surface area contributed by atoms with Crippen molar-refractivity contribution in [3.05, 3.63) is 29.3 Å². The van der Waals surface area contributed by atoms with E-state index < -0.39 is 16.3 Å².